The molecule has 0 saturated heterocycles. The second kappa shape index (κ2) is 9.84. The fraction of sp³-hybridized carbons (Fsp3) is 0.318. The van der Waals surface area contributed by atoms with Crippen LogP contribution in [0.3, 0.4) is 0 Å². The molecule has 1 atom stereocenters. The van der Waals surface area contributed by atoms with E-state index in [-0.39, 0.29) is 11.7 Å². The Bertz CT molecular complexity index is 1110. The molecule has 0 fully saturated rings. The zero-order chi connectivity index (χ0) is 21.0. The Morgan fingerprint density at radius 1 is 1.28 bits per heavy atom. The lowest BCUT2D eigenvalue weighted by Crippen LogP contribution is -2.22. The number of benzene rings is 2. The van der Waals surface area contributed by atoms with Crippen molar-refractivity contribution >= 4 is 55.6 Å². The van der Waals surface area contributed by atoms with Crippen molar-refractivity contribution in [2.24, 2.45) is 5.10 Å². The molecule has 0 radical (unpaired) electrons. The van der Waals surface area contributed by atoms with E-state index < -0.39 is 0 Å². The molecule has 3 aromatic rings. The highest BCUT2D eigenvalue weighted by Gasteiger charge is 2.11. The van der Waals surface area contributed by atoms with E-state index in [0.717, 1.165) is 32.2 Å². The maximum absolute atomic E-state index is 13.0. The van der Waals surface area contributed by atoms with Crippen LogP contribution in [0.4, 0.5) is 0 Å². The summed E-state index contributed by atoms with van der Waals surface area (Å²) >= 11 is 5.68. The van der Waals surface area contributed by atoms with Crippen LogP contribution in [0.2, 0.25) is 0 Å². The third-order valence-corrected chi connectivity index (χ3v) is 5.87. The summed E-state index contributed by atoms with van der Waals surface area (Å²) in [5, 5.41) is 5.02. The fourth-order valence-corrected chi connectivity index (χ4v) is 3.84. The van der Waals surface area contributed by atoms with E-state index in [1.807, 2.05) is 30.3 Å². The van der Waals surface area contributed by atoms with Crippen LogP contribution < -0.4 is 10.3 Å². The van der Waals surface area contributed by atoms with Crippen LogP contribution in [-0.4, -0.2) is 22.0 Å². The van der Waals surface area contributed by atoms with Crippen LogP contribution in [0.25, 0.3) is 10.9 Å². The van der Waals surface area contributed by atoms with Crippen LogP contribution in [0.1, 0.15) is 45.0 Å². The van der Waals surface area contributed by atoms with E-state index in [1.165, 1.54) is 4.68 Å². The van der Waals surface area contributed by atoms with Crippen molar-refractivity contribution in [2.75, 3.05) is 0 Å². The molecule has 1 aromatic heterocycles. The molecule has 0 spiro atoms. The van der Waals surface area contributed by atoms with E-state index in [4.69, 9.17) is 4.74 Å². The third-order valence-electron chi connectivity index (χ3n) is 4.53. The van der Waals surface area contributed by atoms with Crippen molar-refractivity contribution in [2.45, 2.75) is 46.1 Å². The zero-order valence-corrected chi connectivity index (χ0v) is 20.4. The van der Waals surface area contributed by atoms with Crippen LogP contribution in [-0.2, 0) is 6.42 Å². The monoisotopic (exact) mass is 567 g/mol. The average molecular weight is 568 g/mol. The van der Waals surface area contributed by atoms with Gasteiger partial charge in [-0.15, -0.1) is 0 Å². The molecular weight excluding hydrogens is 545 g/mol. The molecule has 0 aliphatic carbocycles. The molecule has 29 heavy (non-hydrogen) atoms. The molecule has 152 valence electrons. The first-order valence-electron chi connectivity index (χ1n) is 9.64. The average Bonchev–Trinajstić information content (AvgIpc) is 2.70. The van der Waals surface area contributed by atoms with Crippen LogP contribution in [0.15, 0.2) is 50.8 Å². The van der Waals surface area contributed by atoms with Crippen LogP contribution in [0.5, 0.6) is 5.75 Å². The summed E-state index contributed by atoms with van der Waals surface area (Å²) in [4.78, 5) is 17.7. The molecule has 2 aromatic carbocycles. The zero-order valence-electron chi connectivity index (χ0n) is 16.7. The molecule has 0 saturated carbocycles. The lowest BCUT2D eigenvalue weighted by atomic mass is 10.2. The van der Waals surface area contributed by atoms with E-state index in [2.05, 4.69) is 69.4 Å². The first-order valence-corrected chi connectivity index (χ1v) is 11.5. The van der Waals surface area contributed by atoms with Gasteiger partial charge >= 0.3 is 0 Å². The summed E-state index contributed by atoms with van der Waals surface area (Å²) in [6.45, 7) is 6.21. The Morgan fingerprint density at radius 3 is 2.76 bits per heavy atom. The maximum Gasteiger partial charge on any atom is 0.282 e. The number of nitrogens with zero attached hydrogens (tertiary/aromatic N) is 3. The number of hydrogen-bond donors (Lipinski definition) is 0. The van der Waals surface area contributed by atoms with E-state index in [1.54, 1.807) is 12.3 Å². The van der Waals surface area contributed by atoms with Crippen LogP contribution >= 0.6 is 38.5 Å². The number of ether oxygens (including phenoxy) is 1. The Labute approximate surface area is 192 Å². The fourth-order valence-electron chi connectivity index (χ4n) is 2.82. The van der Waals surface area contributed by atoms with Gasteiger partial charge in [-0.3, -0.25) is 4.79 Å². The standard InChI is InChI=1S/C22H23BrIN3O2/c1-4-6-21-26-19-9-8-16(23)12-17(19)22(28)27(21)25-13-15-7-10-20(18(24)11-15)29-14(3)5-2/h7-14H,4-6H2,1-3H3/t14-/m1/s1. The number of aryl methyl sites for hydroxylation is 1. The Hall–Kier alpha value is -1.74. The summed E-state index contributed by atoms with van der Waals surface area (Å²) in [7, 11) is 0. The van der Waals surface area contributed by atoms with Gasteiger partial charge < -0.3 is 4.74 Å². The number of hydrogen-bond acceptors (Lipinski definition) is 4. The predicted molar refractivity (Wildman–Crippen MR) is 130 cm³/mol. The molecule has 0 bridgehead atoms. The number of aromatic nitrogens is 2. The topological polar surface area (TPSA) is 56.5 Å². The summed E-state index contributed by atoms with van der Waals surface area (Å²) < 4.78 is 9.18. The van der Waals surface area contributed by atoms with Gasteiger partial charge in [0.25, 0.3) is 5.56 Å². The van der Waals surface area contributed by atoms with Gasteiger partial charge in [-0.25, -0.2) is 4.98 Å². The van der Waals surface area contributed by atoms with Gasteiger partial charge in [-0.1, -0.05) is 29.8 Å². The molecule has 0 aliphatic rings. The third kappa shape index (κ3) is 5.25. The van der Waals surface area contributed by atoms with Gasteiger partial charge in [0, 0.05) is 10.9 Å². The Kier molecular flexibility index (Phi) is 7.45. The molecule has 1 heterocycles. The van der Waals surface area contributed by atoms with Crippen molar-refractivity contribution in [1.29, 1.82) is 0 Å². The summed E-state index contributed by atoms with van der Waals surface area (Å²) in [5.41, 5.74) is 1.42. The second-order valence-electron chi connectivity index (χ2n) is 6.83. The van der Waals surface area contributed by atoms with Gasteiger partial charge in [0.1, 0.15) is 11.6 Å². The molecule has 7 heteroatoms. The summed E-state index contributed by atoms with van der Waals surface area (Å²) in [6.07, 6.45) is 4.37. The number of halogens is 2. The highest BCUT2D eigenvalue weighted by Crippen LogP contribution is 2.23. The van der Waals surface area contributed by atoms with Crippen molar-refractivity contribution in [3.8, 4) is 5.75 Å². The Balaban J connectivity index is 1.99. The molecule has 0 amide bonds. The van der Waals surface area contributed by atoms with Crippen molar-refractivity contribution in [3.63, 3.8) is 0 Å². The van der Waals surface area contributed by atoms with Gasteiger partial charge in [0.2, 0.25) is 0 Å². The molecule has 5 nitrogen and oxygen atoms in total. The van der Waals surface area contributed by atoms with Gasteiger partial charge in [0.05, 0.1) is 26.8 Å². The maximum atomic E-state index is 13.0. The van der Waals surface area contributed by atoms with Crippen LogP contribution in [0, 0.1) is 3.57 Å². The molecule has 3 rings (SSSR count). The van der Waals surface area contributed by atoms with Crippen molar-refractivity contribution in [3.05, 3.63) is 66.2 Å². The largest absolute Gasteiger partial charge is 0.490 e. The molecule has 0 aliphatic heterocycles. The number of fused-ring (bicyclic) bond motifs is 1. The quantitative estimate of drug-likeness (QED) is 0.269. The van der Waals surface area contributed by atoms with Gasteiger partial charge in [0.15, 0.2) is 0 Å². The summed E-state index contributed by atoms with van der Waals surface area (Å²) in [6, 6.07) is 11.4. The highest BCUT2D eigenvalue weighted by atomic mass is 127. The minimum absolute atomic E-state index is 0.164. The second-order valence-corrected chi connectivity index (χ2v) is 8.91. The molecular formula is C22H23BrIN3O2. The first-order chi connectivity index (χ1) is 13.9. The van der Waals surface area contributed by atoms with Gasteiger partial charge in [-0.05, 0) is 84.3 Å². The minimum atomic E-state index is -0.164. The van der Waals surface area contributed by atoms with E-state index >= 15 is 0 Å². The number of rotatable bonds is 7. The SMILES string of the molecule is CCCc1nc2ccc(Br)cc2c(=O)n1N=Cc1ccc(O[C@H](C)CC)c(I)c1. The van der Waals surface area contributed by atoms with Gasteiger partial charge in [-0.2, -0.15) is 9.78 Å². The van der Waals surface area contributed by atoms with E-state index in [0.29, 0.717) is 23.1 Å². The molecule has 0 N–H and O–H groups in total. The highest BCUT2D eigenvalue weighted by molar-refractivity contribution is 14.1. The predicted octanol–water partition coefficient (Wildman–Crippen LogP) is 5.78. The Morgan fingerprint density at radius 2 is 2.07 bits per heavy atom. The first kappa shape index (κ1) is 22.0. The van der Waals surface area contributed by atoms with E-state index in [9.17, 15) is 4.79 Å². The van der Waals surface area contributed by atoms with Crippen molar-refractivity contribution in [1.82, 2.24) is 9.66 Å². The molecule has 0 unspecified atom stereocenters. The lowest BCUT2D eigenvalue weighted by molar-refractivity contribution is 0.216. The van der Waals surface area contributed by atoms with Crippen molar-refractivity contribution < 1.29 is 4.74 Å². The normalized spacial score (nSPS) is 12.6. The summed E-state index contributed by atoms with van der Waals surface area (Å²) in [5.74, 6) is 1.52. The lowest BCUT2D eigenvalue weighted by Gasteiger charge is -2.14. The minimum Gasteiger partial charge on any atom is -0.490 e. The smallest absolute Gasteiger partial charge is 0.282 e.